The van der Waals surface area contributed by atoms with Crippen LogP contribution in [0.15, 0.2) is 54.6 Å². The average Bonchev–Trinajstić information content (AvgIpc) is 2.63. The molecule has 0 aromatic heterocycles. The van der Waals surface area contributed by atoms with Crippen LogP contribution in [-0.4, -0.2) is 29.9 Å². The molecule has 3 amide bonds. The van der Waals surface area contributed by atoms with Crippen molar-refractivity contribution < 1.29 is 9.59 Å². The molecule has 1 fully saturated rings. The Hall–Kier alpha value is -2.82. The third kappa shape index (κ3) is 4.59. The van der Waals surface area contributed by atoms with Crippen LogP contribution in [0.1, 0.15) is 30.1 Å². The van der Waals surface area contributed by atoms with Gasteiger partial charge in [0.1, 0.15) is 0 Å². The first-order valence-corrected chi connectivity index (χ1v) is 8.64. The lowest BCUT2D eigenvalue weighted by molar-refractivity contribution is 0.0697. The number of hydrogen-bond acceptors (Lipinski definition) is 2. The van der Waals surface area contributed by atoms with Crippen LogP contribution >= 0.6 is 0 Å². The van der Waals surface area contributed by atoms with E-state index in [9.17, 15) is 9.59 Å². The molecule has 0 radical (unpaired) electrons. The van der Waals surface area contributed by atoms with Crippen molar-refractivity contribution in [3.8, 4) is 0 Å². The van der Waals surface area contributed by atoms with Crippen LogP contribution < -0.4 is 10.6 Å². The quantitative estimate of drug-likeness (QED) is 0.881. The van der Waals surface area contributed by atoms with E-state index in [4.69, 9.17) is 0 Å². The monoisotopic (exact) mass is 337 g/mol. The van der Waals surface area contributed by atoms with Crippen molar-refractivity contribution in [1.82, 2.24) is 4.90 Å². The molecule has 5 nitrogen and oxygen atoms in total. The van der Waals surface area contributed by atoms with Gasteiger partial charge in [0.05, 0.1) is 0 Å². The summed E-state index contributed by atoms with van der Waals surface area (Å²) in [4.78, 5) is 26.6. The Labute approximate surface area is 148 Å². The maximum atomic E-state index is 12.6. The number of likely N-dealkylation sites (tertiary alicyclic amines) is 1. The number of anilines is 2. The Morgan fingerprint density at radius 2 is 1.56 bits per heavy atom. The van der Waals surface area contributed by atoms with Crippen molar-refractivity contribution in [2.24, 2.45) is 5.92 Å². The summed E-state index contributed by atoms with van der Waals surface area (Å²) in [6.07, 6.45) is 2.09. The van der Waals surface area contributed by atoms with Gasteiger partial charge in [0.25, 0.3) is 5.91 Å². The third-order valence-corrected chi connectivity index (χ3v) is 4.47. The lowest BCUT2D eigenvalue weighted by Crippen LogP contribution is -2.37. The maximum absolute atomic E-state index is 12.6. The molecule has 1 heterocycles. The summed E-state index contributed by atoms with van der Waals surface area (Å²) in [5.41, 5.74) is 1.92. The van der Waals surface area contributed by atoms with Crippen LogP contribution in [0.5, 0.6) is 0 Å². The second-order valence-electron chi connectivity index (χ2n) is 6.50. The van der Waals surface area contributed by atoms with Crippen LogP contribution in [-0.2, 0) is 0 Å². The Kier molecular flexibility index (Phi) is 5.33. The van der Waals surface area contributed by atoms with E-state index < -0.39 is 0 Å². The van der Waals surface area contributed by atoms with Crippen molar-refractivity contribution in [3.63, 3.8) is 0 Å². The summed E-state index contributed by atoms with van der Waals surface area (Å²) in [6, 6.07) is 16.0. The maximum Gasteiger partial charge on any atom is 0.323 e. The number of urea groups is 1. The zero-order chi connectivity index (χ0) is 17.6. The van der Waals surface area contributed by atoms with Gasteiger partial charge in [-0.15, -0.1) is 0 Å². The van der Waals surface area contributed by atoms with E-state index in [0.717, 1.165) is 31.6 Å². The molecule has 0 bridgehead atoms. The lowest BCUT2D eigenvalue weighted by atomic mass is 9.98. The van der Waals surface area contributed by atoms with E-state index >= 15 is 0 Å². The zero-order valence-corrected chi connectivity index (χ0v) is 14.4. The molecule has 1 aliphatic heterocycles. The number of benzene rings is 2. The highest BCUT2D eigenvalue weighted by Gasteiger charge is 2.21. The minimum absolute atomic E-state index is 0.0269. The number of amides is 3. The fourth-order valence-corrected chi connectivity index (χ4v) is 2.94. The van der Waals surface area contributed by atoms with Gasteiger partial charge >= 0.3 is 6.03 Å². The number of para-hydroxylation sites is 1. The molecule has 0 spiro atoms. The van der Waals surface area contributed by atoms with Gasteiger partial charge in [-0.3, -0.25) is 4.79 Å². The zero-order valence-electron chi connectivity index (χ0n) is 14.4. The molecule has 2 aromatic carbocycles. The number of rotatable bonds is 3. The van der Waals surface area contributed by atoms with Gasteiger partial charge in [0.15, 0.2) is 0 Å². The smallest absolute Gasteiger partial charge is 0.323 e. The van der Waals surface area contributed by atoms with Crippen molar-refractivity contribution in [2.75, 3.05) is 23.7 Å². The van der Waals surface area contributed by atoms with Crippen LogP contribution in [0, 0.1) is 5.92 Å². The standard InChI is InChI=1S/C20H23N3O2/c1-15-10-12-23(13-11-15)19(24)16-6-5-9-18(14-16)22-20(25)21-17-7-3-2-4-8-17/h2-9,14-15H,10-13H2,1H3,(H2,21,22,25). The summed E-state index contributed by atoms with van der Waals surface area (Å²) in [5, 5.41) is 5.54. The average molecular weight is 337 g/mol. The first kappa shape index (κ1) is 17.0. The molecule has 0 unspecified atom stereocenters. The number of hydrogen-bond donors (Lipinski definition) is 2. The Morgan fingerprint density at radius 3 is 2.28 bits per heavy atom. The van der Waals surface area contributed by atoms with E-state index in [1.54, 1.807) is 24.3 Å². The lowest BCUT2D eigenvalue weighted by Gasteiger charge is -2.30. The minimum atomic E-state index is -0.331. The van der Waals surface area contributed by atoms with E-state index in [1.807, 2.05) is 35.2 Å². The second kappa shape index (κ2) is 7.83. The molecular weight excluding hydrogens is 314 g/mol. The van der Waals surface area contributed by atoms with E-state index in [0.29, 0.717) is 17.2 Å². The molecule has 0 atom stereocenters. The van der Waals surface area contributed by atoms with Crippen molar-refractivity contribution in [3.05, 3.63) is 60.2 Å². The first-order valence-electron chi connectivity index (χ1n) is 8.64. The van der Waals surface area contributed by atoms with Crippen LogP contribution in [0.25, 0.3) is 0 Å². The molecule has 130 valence electrons. The third-order valence-electron chi connectivity index (χ3n) is 4.47. The molecule has 25 heavy (non-hydrogen) atoms. The molecule has 2 N–H and O–H groups in total. The fraction of sp³-hybridized carbons (Fsp3) is 0.300. The summed E-state index contributed by atoms with van der Waals surface area (Å²) in [6.45, 7) is 3.82. The van der Waals surface area contributed by atoms with E-state index in [1.165, 1.54) is 0 Å². The Morgan fingerprint density at radius 1 is 0.920 bits per heavy atom. The van der Waals surface area contributed by atoms with E-state index in [-0.39, 0.29) is 11.9 Å². The number of carbonyl (C=O) groups is 2. The van der Waals surface area contributed by atoms with Gasteiger partial charge in [-0.1, -0.05) is 31.2 Å². The molecule has 1 saturated heterocycles. The summed E-state index contributed by atoms with van der Waals surface area (Å²) in [5.74, 6) is 0.706. The van der Waals surface area contributed by atoms with E-state index in [2.05, 4.69) is 17.6 Å². The number of nitrogens with zero attached hydrogens (tertiary/aromatic N) is 1. The predicted molar refractivity (Wildman–Crippen MR) is 99.8 cm³/mol. The van der Waals surface area contributed by atoms with Crippen molar-refractivity contribution >= 4 is 23.3 Å². The van der Waals surface area contributed by atoms with Crippen molar-refractivity contribution in [2.45, 2.75) is 19.8 Å². The number of carbonyl (C=O) groups excluding carboxylic acids is 2. The molecule has 3 rings (SSSR count). The van der Waals surface area contributed by atoms with Gasteiger partial charge in [0, 0.05) is 30.0 Å². The molecular formula is C20H23N3O2. The van der Waals surface area contributed by atoms with Gasteiger partial charge in [-0.05, 0) is 49.1 Å². The minimum Gasteiger partial charge on any atom is -0.339 e. The molecule has 5 heteroatoms. The van der Waals surface area contributed by atoms with Gasteiger partial charge < -0.3 is 15.5 Å². The SMILES string of the molecule is CC1CCN(C(=O)c2cccc(NC(=O)Nc3ccccc3)c2)CC1. The fourth-order valence-electron chi connectivity index (χ4n) is 2.94. The van der Waals surface area contributed by atoms with Crippen LogP contribution in [0.2, 0.25) is 0 Å². The molecule has 1 aliphatic rings. The first-order chi connectivity index (χ1) is 12.1. The number of nitrogens with one attached hydrogen (secondary N) is 2. The van der Waals surface area contributed by atoms with Crippen LogP contribution in [0.3, 0.4) is 0 Å². The number of piperidine rings is 1. The highest BCUT2D eigenvalue weighted by Crippen LogP contribution is 2.19. The molecule has 2 aromatic rings. The Bertz CT molecular complexity index is 738. The second-order valence-corrected chi connectivity index (χ2v) is 6.50. The summed E-state index contributed by atoms with van der Waals surface area (Å²) in [7, 11) is 0. The largest absolute Gasteiger partial charge is 0.339 e. The van der Waals surface area contributed by atoms with Gasteiger partial charge in [-0.25, -0.2) is 4.79 Å². The van der Waals surface area contributed by atoms with Gasteiger partial charge in [0.2, 0.25) is 0 Å². The van der Waals surface area contributed by atoms with Crippen molar-refractivity contribution in [1.29, 1.82) is 0 Å². The highest BCUT2D eigenvalue weighted by atomic mass is 16.2. The summed E-state index contributed by atoms with van der Waals surface area (Å²) >= 11 is 0. The normalized spacial score (nSPS) is 14.8. The predicted octanol–water partition coefficient (Wildman–Crippen LogP) is 4.20. The molecule has 0 saturated carbocycles. The molecule has 0 aliphatic carbocycles. The summed E-state index contributed by atoms with van der Waals surface area (Å²) < 4.78 is 0. The van der Waals surface area contributed by atoms with Crippen LogP contribution in [0.4, 0.5) is 16.2 Å². The Balaban J connectivity index is 1.63. The highest BCUT2D eigenvalue weighted by molar-refractivity contribution is 6.01. The van der Waals surface area contributed by atoms with Gasteiger partial charge in [-0.2, -0.15) is 0 Å². The topological polar surface area (TPSA) is 61.4 Å².